The average molecular weight is 486 g/mol. The highest BCUT2D eigenvalue weighted by molar-refractivity contribution is 5.76. The molecule has 6 N–H and O–H groups in total. The van der Waals surface area contributed by atoms with E-state index in [1.165, 1.54) is 0 Å². The summed E-state index contributed by atoms with van der Waals surface area (Å²) in [5.74, 6) is 0.0360. The fraction of sp³-hybridized carbons (Fsp3) is 0.923. The quantitative estimate of drug-likeness (QED) is 0.201. The minimum atomic E-state index is -0.282. The zero-order valence-corrected chi connectivity index (χ0v) is 23.6. The molecule has 0 aromatic rings. The summed E-state index contributed by atoms with van der Waals surface area (Å²) < 4.78 is 0. The van der Waals surface area contributed by atoms with Gasteiger partial charge in [-0.1, -0.05) is 48.5 Å². The molecular formula is C26H55N5O3. The van der Waals surface area contributed by atoms with E-state index in [4.69, 9.17) is 10.8 Å². The van der Waals surface area contributed by atoms with Crippen molar-refractivity contribution in [3.63, 3.8) is 0 Å². The lowest BCUT2D eigenvalue weighted by atomic mass is 9.69. The highest BCUT2D eigenvalue weighted by Gasteiger charge is 2.32. The molecule has 2 amide bonds. The molecule has 0 saturated heterocycles. The van der Waals surface area contributed by atoms with E-state index in [1.54, 1.807) is 0 Å². The molecule has 0 bridgehead atoms. The molecule has 0 aliphatic rings. The van der Waals surface area contributed by atoms with Gasteiger partial charge in [0.05, 0.1) is 6.61 Å². The van der Waals surface area contributed by atoms with Gasteiger partial charge in [-0.3, -0.25) is 9.59 Å². The molecular weight excluding hydrogens is 430 g/mol. The summed E-state index contributed by atoms with van der Waals surface area (Å²) in [6.45, 7) is 23.5. The van der Waals surface area contributed by atoms with Crippen LogP contribution in [0.15, 0.2) is 0 Å². The summed E-state index contributed by atoms with van der Waals surface area (Å²) >= 11 is 0. The lowest BCUT2D eigenvalue weighted by molar-refractivity contribution is -0.122. The van der Waals surface area contributed by atoms with Crippen LogP contribution in [0, 0.1) is 16.2 Å². The number of nitrogens with one attached hydrogen (secondary N) is 3. The number of amides is 2. The van der Waals surface area contributed by atoms with Crippen LogP contribution in [0.1, 0.15) is 81.6 Å². The molecule has 8 heteroatoms. The summed E-state index contributed by atoms with van der Waals surface area (Å²) in [6, 6.07) is 0. The Morgan fingerprint density at radius 3 is 1.74 bits per heavy atom. The molecule has 202 valence electrons. The van der Waals surface area contributed by atoms with Crippen molar-refractivity contribution in [2.75, 3.05) is 52.4 Å². The van der Waals surface area contributed by atoms with Gasteiger partial charge in [-0.25, -0.2) is 0 Å². The lowest BCUT2D eigenvalue weighted by Crippen LogP contribution is -2.44. The van der Waals surface area contributed by atoms with Crippen molar-refractivity contribution < 1.29 is 14.7 Å². The first kappa shape index (κ1) is 32.8. The SMILES string of the molecule is CC(C)(N)CC(C)(C)CNC(=O)CCN(CCNCCO)CCC(=O)NCC(C)(C)C(C)(C)C. The highest BCUT2D eigenvalue weighted by Crippen LogP contribution is 2.36. The number of carbonyl (C=O) groups excluding carboxylic acids is 2. The normalized spacial score (nSPS) is 13.3. The van der Waals surface area contributed by atoms with E-state index >= 15 is 0 Å². The number of nitrogens with zero attached hydrogens (tertiary/aromatic N) is 1. The summed E-state index contributed by atoms with van der Waals surface area (Å²) in [4.78, 5) is 27.1. The zero-order chi connectivity index (χ0) is 26.6. The van der Waals surface area contributed by atoms with E-state index in [1.807, 2.05) is 13.8 Å². The number of carbonyl (C=O) groups is 2. The van der Waals surface area contributed by atoms with Gasteiger partial charge in [-0.2, -0.15) is 0 Å². The maximum absolute atomic E-state index is 12.5. The third kappa shape index (κ3) is 15.6. The number of nitrogens with two attached hydrogens (primary N) is 1. The summed E-state index contributed by atoms with van der Waals surface area (Å²) in [6.07, 6.45) is 1.57. The van der Waals surface area contributed by atoms with Crippen LogP contribution in [-0.2, 0) is 9.59 Å². The number of aliphatic hydroxyl groups excluding tert-OH is 1. The van der Waals surface area contributed by atoms with Gasteiger partial charge in [0, 0.05) is 64.2 Å². The van der Waals surface area contributed by atoms with Crippen LogP contribution in [0.2, 0.25) is 0 Å². The number of rotatable bonds is 17. The molecule has 0 unspecified atom stereocenters. The van der Waals surface area contributed by atoms with Crippen molar-refractivity contribution in [1.29, 1.82) is 0 Å². The molecule has 8 nitrogen and oxygen atoms in total. The Hall–Kier alpha value is -1.22. The Morgan fingerprint density at radius 2 is 1.29 bits per heavy atom. The van der Waals surface area contributed by atoms with Gasteiger partial charge in [0.15, 0.2) is 0 Å². The molecule has 0 aliphatic heterocycles. The van der Waals surface area contributed by atoms with Crippen LogP contribution < -0.4 is 21.7 Å². The first-order chi connectivity index (χ1) is 15.4. The van der Waals surface area contributed by atoms with Crippen molar-refractivity contribution in [3.05, 3.63) is 0 Å². The topological polar surface area (TPSA) is 120 Å². The average Bonchev–Trinajstić information content (AvgIpc) is 2.67. The first-order valence-corrected chi connectivity index (χ1v) is 12.7. The number of hydrogen-bond donors (Lipinski definition) is 5. The second-order valence-electron chi connectivity index (χ2n) is 12.8. The van der Waals surface area contributed by atoms with E-state index in [-0.39, 0.29) is 40.2 Å². The van der Waals surface area contributed by atoms with Crippen LogP contribution in [-0.4, -0.2) is 79.8 Å². The molecule has 0 aromatic heterocycles. The first-order valence-electron chi connectivity index (χ1n) is 12.7. The Bertz CT molecular complexity index is 607. The van der Waals surface area contributed by atoms with Gasteiger partial charge < -0.3 is 31.7 Å². The molecule has 0 aromatic carbocycles. The molecule has 34 heavy (non-hydrogen) atoms. The van der Waals surface area contributed by atoms with Crippen LogP contribution >= 0.6 is 0 Å². The largest absolute Gasteiger partial charge is 0.395 e. The zero-order valence-electron chi connectivity index (χ0n) is 23.6. The van der Waals surface area contributed by atoms with E-state index in [9.17, 15) is 9.59 Å². The monoisotopic (exact) mass is 485 g/mol. The Balaban J connectivity index is 4.66. The van der Waals surface area contributed by atoms with Crippen LogP contribution in [0.25, 0.3) is 0 Å². The molecule has 0 aliphatic carbocycles. The molecule has 0 heterocycles. The molecule has 0 radical (unpaired) electrons. The second kappa shape index (κ2) is 14.4. The van der Waals surface area contributed by atoms with E-state index in [2.05, 4.69) is 69.3 Å². The van der Waals surface area contributed by atoms with Crippen molar-refractivity contribution >= 4 is 11.8 Å². The van der Waals surface area contributed by atoms with Gasteiger partial charge >= 0.3 is 0 Å². The summed E-state index contributed by atoms with van der Waals surface area (Å²) in [5.41, 5.74) is 5.86. The minimum absolute atomic E-state index is 0.00704. The number of aliphatic hydroxyl groups is 1. The fourth-order valence-corrected chi connectivity index (χ4v) is 3.69. The fourth-order valence-electron chi connectivity index (χ4n) is 3.69. The lowest BCUT2D eigenvalue weighted by Gasteiger charge is -2.39. The van der Waals surface area contributed by atoms with Crippen molar-refractivity contribution in [3.8, 4) is 0 Å². The van der Waals surface area contributed by atoms with Gasteiger partial charge in [-0.15, -0.1) is 0 Å². The predicted molar refractivity (Wildman–Crippen MR) is 142 cm³/mol. The smallest absolute Gasteiger partial charge is 0.221 e. The predicted octanol–water partition coefficient (Wildman–Crippen LogP) is 2.11. The van der Waals surface area contributed by atoms with E-state index < -0.39 is 0 Å². The highest BCUT2D eigenvalue weighted by atomic mass is 16.3. The standard InChI is InChI=1S/C26H55N5O3/c1-23(2,3)25(6,7)20-30-22(34)11-15-31(16-12-28-13-17-32)14-10-21(33)29-19-24(4,5)18-26(8,9)27/h28,32H,10-20,27H2,1-9H3,(H,29,33)(H,30,34). The molecule has 0 spiro atoms. The Morgan fingerprint density at radius 1 is 0.794 bits per heavy atom. The van der Waals surface area contributed by atoms with E-state index in [0.29, 0.717) is 58.7 Å². The Kier molecular flexibility index (Phi) is 13.9. The Labute approximate surface area is 209 Å². The van der Waals surface area contributed by atoms with Crippen LogP contribution in [0.4, 0.5) is 0 Å². The van der Waals surface area contributed by atoms with Crippen molar-refractivity contribution in [2.24, 2.45) is 22.0 Å². The molecule has 0 rings (SSSR count). The number of hydrogen-bond acceptors (Lipinski definition) is 6. The van der Waals surface area contributed by atoms with E-state index in [0.717, 1.165) is 6.42 Å². The van der Waals surface area contributed by atoms with Crippen LogP contribution in [0.5, 0.6) is 0 Å². The molecule has 0 fully saturated rings. The van der Waals surface area contributed by atoms with Crippen molar-refractivity contribution in [1.82, 2.24) is 20.9 Å². The molecule has 0 atom stereocenters. The van der Waals surface area contributed by atoms with Gasteiger partial charge in [0.25, 0.3) is 0 Å². The van der Waals surface area contributed by atoms with Gasteiger partial charge in [0.2, 0.25) is 11.8 Å². The minimum Gasteiger partial charge on any atom is -0.395 e. The summed E-state index contributed by atoms with van der Waals surface area (Å²) in [5, 5.41) is 18.3. The molecule has 0 saturated carbocycles. The van der Waals surface area contributed by atoms with Gasteiger partial charge in [-0.05, 0) is 36.5 Å². The van der Waals surface area contributed by atoms with Gasteiger partial charge in [0.1, 0.15) is 0 Å². The van der Waals surface area contributed by atoms with Crippen molar-refractivity contribution in [2.45, 2.75) is 87.1 Å². The third-order valence-corrected chi connectivity index (χ3v) is 6.66. The second-order valence-corrected chi connectivity index (χ2v) is 12.8. The third-order valence-electron chi connectivity index (χ3n) is 6.66. The van der Waals surface area contributed by atoms with Crippen LogP contribution in [0.3, 0.4) is 0 Å². The maximum Gasteiger partial charge on any atom is 0.221 e. The maximum atomic E-state index is 12.5. The summed E-state index contributed by atoms with van der Waals surface area (Å²) in [7, 11) is 0.